The summed E-state index contributed by atoms with van der Waals surface area (Å²) in [6, 6.07) is 5.69. The summed E-state index contributed by atoms with van der Waals surface area (Å²) >= 11 is 0. The van der Waals surface area contributed by atoms with Gasteiger partial charge in [-0.2, -0.15) is 5.10 Å². The third-order valence-electron chi connectivity index (χ3n) is 4.67. The molecule has 1 unspecified atom stereocenters. The van der Waals surface area contributed by atoms with E-state index in [1.807, 2.05) is 6.07 Å². The molecule has 0 radical (unpaired) electrons. The van der Waals surface area contributed by atoms with E-state index in [4.69, 9.17) is 5.11 Å². The summed E-state index contributed by atoms with van der Waals surface area (Å²) < 4.78 is 0. The lowest BCUT2D eigenvalue weighted by molar-refractivity contribution is 0.286. The van der Waals surface area contributed by atoms with Crippen LogP contribution in [0.5, 0.6) is 5.75 Å². The molecule has 4 rings (SSSR count). The molecule has 140 valence electrons. The number of aromatic amines is 1. The van der Waals surface area contributed by atoms with E-state index in [1.54, 1.807) is 30.7 Å². The van der Waals surface area contributed by atoms with E-state index >= 15 is 0 Å². The molecule has 9 heteroatoms. The maximum absolute atomic E-state index is 10.4. The first-order valence-corrected chi connectivity index (χ1v) is 8.86. The first-order chi connectivity index (χ1) is 13.2. The SMILES string of the molecule is OCCNC1CCN(c2ncc(-c3ccc(-c4cn[nH]c4)cc3O)nn2)C1. The van der Waals surface area contributed by atoms with Gasteiger partial charge in [-0.15, -0.1) is 10.2 Å². The van der Waals surface area contributed by atoms with Crippen molar-refractivity contribution in [1.82, 2.24) is 30.7 Å². The molecule has 0 bridgehead atoms. The topological polar surface area (TPSA) is 123 Å². The van der Waals surface area contributed by atoms with Gasteiger partial charge in [-0.05, 0) is 24.1 Å². The summed E-state index contributed by atoms with van der Waals surface area (Å²) in [4.78, 5) is 6.48. The lowest BCUT2D eigenvalue weighted by Crippen LogP contribution is -2.34. The molecule has 27 heavy (non-hydrogen) atoms. The molecule has 1 aliphatic heterocycles. The van der Waals surface area contributed by atoms with Crippen molar-refractivity contribution in [3.05, 3.63) is 36.8 Å². The second-order valence-electron chi connectivity index (χ2n) is 6.47. The molecule has 3 aromatic rings. The van der Waals surface area contributed by atoms with Crippen molar-refractivity contribution in [3.8, 4) is 28.1 Å². The Bertz CT molecular complexity index is 883. The number of rotatable bonds is 6. The number of H-pyrrole nitrogens is 1. The molecule has 1 fully saturated rings. The van der Waals surface area contributed by atoms with Gasteiger partial charge >= 0.3 is 0 Å². The maximum Gasteiger partial charge on any atom is 0.245 e. The summed E-state index contributed by atoms with van der Waals surface area (Å²) in [5, 5.41) is 37.7. The monoisotopic (exact) mass is 367 g/mol. The Kier molecular flexibility index (Phi) is 4.95. The normalized spacial score (nSPS) is 16.8. The molecule has 0 spiro atoms. The maximum atomic E-state index is 10.4. The summed E-state index contributed by atoms with van der Waals surface area (Å²) in [7, 11) is 0. The molecule has 1 saturated heterocycles. The van der Waals surface area contributed by atoms with Gasteiger partial charge in [0.25, 0.3) is 0 Å². The predicted molar refractivity (Wildman–Crippen MR) is 100 cm³/mol. The summed E-state index contributed by atoms with van der Waals surface area (Å²) in [6.07, 6.45) is 6.07. The van der Waals surface area contributed by atoms with E-state index < -0.39 is 0 Å². The molecule has 0 amide bonds. The Hall–Kier alpha value is -3.04. The fourth-order valence-electron chi connectivity index (χ4n) is 3.25. The quantitative estimate of drug-likeness (QED) is 0.504. The highest BCUT2D eigenvalue weighted by molar-refractivity contribution is 5.73. The standard InChI is InChI=1S/C18H21N7O2/c26-6-4-19-14-3-5-25(11-14)18-20-10-16(23-24-18)15-2-1-12(7-17(15)27)13-8-21-22-9-13/h1-2,7-10,14,19,26-27H,3-6,11H2,(H,21,22). The Morgan fingerprint density at radius 1 is 1.22 bits per heavy atom. The molecule has 4 N–H and O–H groups in total. The number of aromatic nitrogens is 5. The third-order valence-corrected chi connectivity index (χ3v) is 4.67. The summed E-state index contributed by atoms with van der Waals surface area (Å²) in [5.74, 6) is 0.688. The molecule has 1 atom stereocenters. The van der Waals surface area contributed by atoms with E-state index in [-0.39, 0.29) is 12.4 Å². The molecule has 0 aliphatic carbocycles. The van der Waals surface area contributed by atoms with Gasteiger partial charge in [0.05, 0.1) is 19.0 Å². The zero-order valence-corrected chi connectivity index (χ0v) is 14.7. The first kappa shape index (κ1) is 17.4. The number of aliphatic hydroxyl groups is 1. The number of hydrogen-bond donors (Lipinski definition) is 4. The molecule has 1 aliphatic rings. The van der Waals surface area contributed by atoms with Crippen molar-refractivity contribution in [2.24, 2.45) is 0 Å². The lowest BCUT2D eigenvalue weighted by atomic mass is 10.0. The van der Waals surface area contributed by atoms with E-state index in [0.717, 1.165) is 30.6 Å². The van der Waals surface area contributed by atoms with Gasteiger partial charge in [0.15, 0.2) is 0 Å². The van der Waals surface area contributed by atoms with Gasteiger partial charge in [-0.1, -0.05) is 6.07 Å². The van der Waals surface area contributed by atoms with Crippen molar-refractivity contribution in [2.75, 3.05) is 31.1 Å². The van der Waals surface area contributed by atoms with Crippen molar-refractivity contribution < 1.29 is 10.2 Å². The number of aliphatic hydroxyl groups excluding tert-OH is 1. The van der Waals surface area contributed by atoms with Crippen molar-refractivity contribution in [1.29, 1.82) is 0 Å². The fourth-order valence-corrected chi connectivity index (χ4v) is 3.25. The van der Waals surface area contributed by atoms with Gasteiger partial charge in [-0.3, -0.25) is 5.10 Å². The Morgan fingerprint density at radius 2 is 2.15 bits per heavy atom. The third kappa shape index (κ3) is 3.74. The Labute approximate surface area is 156 Å². The minimum atomic E-state index is 0.118. The molecule has 0 saturated carbocycles. The van der Waals surface area contributed by atoms with Crippen LogP contribution >= 0.6 is 0 Å². The minimum Gasteiger partial charge on any atom is -0.507 e. The van der Waals surface area contributed by atoms with E-state index in [2.05, 4.69) is 35.6 Å². The summed E-state index contributed by atoms with van der Waals surface area (Å²) in [6.45, 7) is 2.34. The molecule has 9 nitrogen and oxygen atoms in total. The molecule has 3 heterocycles. The predicted octanol–water partition coefficient (Wildman–Crippen LogP) is 0.795. The van der Waals surface area contributed by atoms with Crippen LogP contribution in [0.2, 0.25) is 0 Å². The van der Waals surface area contributed by atoms with Crippen LogP contribution in [0.15, 0.2) is 36.8 Å². The Morgan fingerprint density at radius 3 is 2.85 bits per heavy atom. The number of benzene rings is 1. The van der Waals surface area contributed by atoms with Gasteiger partial charge in [0, 0.05) is 43.0 Å². The second kappa shape index (κ2) is 7.68. The number of phenols is 1. The van der Waals surface area contributed by atoms with Gasteiger partial charge in [0.2, 0.25) is 5.95 Å². The highest BCUT2D eigenvalue weighted by Gasteiger charge is 2.24. The number of nitrogens with one attached hydrogen (secondary N) is 2. The number of nitrogens with zero attached hydrogens (tertiary/aromatic N) is 5. The summed E-state index contributed by atoms with van der Waals surface area (Å²) in [5.41, 5.74) is 2.86. The number of hydrogen-bond acceptors (Lipinski definition) is 8. The van der Waals surface area contributed by atoms with E-state index in [0.29, 0.717) is 29.8 Å². The molecule has 1 aromatic carbocycles. The Balaban J connectivity index is 1.48. The minimum absolute atomic E-state index is 0.118. The van der Waals surface area contributed by atoms with Crippen molar-refractivity contribution in [3.63, 3.8) is 0 Å². The molecule has 2 aromatic heterocycles. The number of phenolic OH excluding ortho intramolecular Hbond substituents is 1. The van der Waals surface area contributed by atoms with Gasteiger partial charge in [0.1, 0.15) is 11.4 Å². The van der Waals surface area contributed by atoms with Crippen molar-refractivity contribution in [2.45, 2.75) is 12.5 Å². The first-order valence-electron chi connectivity index (χ1n) is 8.86. The van der Waals surface area contributed by atoms with E-state index in [1.165, 1.54) is 0 Å². The number of aromatic hydroxyl groups is 1. The zero-order valence-electron chi connectivity index (χ0n) is 14.7. The van der Waals surface area contributed by atoms with Crippen LogP contribution in [-0.4, -0.2) is 67.9 Å². The smallest absolute Gasteiger partial charge is 0.245 e. The molecular weight excluding hydrogens is 346 g/mol. The van der Waals surface area contributed by atoms with Crippen LogP contribution in [-0.2, 0) is 0 Å². The van der Waals surface area contributed by atoms with Crippen LogP contribution in [0.3, 0.4) is 0 Å². The van der Waals surface area contributed by atoms with Gasteiger partial charge in [-0.25, -0.2) is 4.98 Å². The molecular formula is C18H21N7O2. The highest BCUT2D eigenvalue weighted by Crippen LogP contribution is 2.32. The van der Waals surface area contributed by atoms with Crippen LogP contribution in [0, 0.1) is 0 Å². The average molecular weight is 367 g/mol. The average Bonchev–Trinajstić information content (AvgIpc) is 3.39. The van der Waals surface area contributed by atoms with Crippen LogP contribution in [0.1, 0.15) is 6.42 Å². The largest absolute Gasteiger partial charge is 0.507 e. The highest BCUT2D eigenvalue weighted by atomic mass is 16.3. The fraction of sp³-hybridized carbons (Fsp3) is 0.333. The van der Waals surface area contributed by atoms with Crippen LogP contribution in [0.4, 0.5) is 5.95 Å². The second-order valence-corrected chi connectivity index (χ2v) is 6.47. The van der Waals surface area contributed by atoms with Crippen molar-refractivity contribution >= 4 is 5.95 Å². The number of anilines is 1. The van der Waals surface area contributed by atoms with Crippen LogP contribution in [0.25, 0.3) is 22.4 Å². The van der Waals surface area contributed by atoms with E-state index in [9.17, 15) is 5.11 Å². The van der Waals surface area contributed by atoms with Gasteiger partial charge < -0.3 is 20.4 Å². The zero-order chi connectivity index (χ0) is 18.6. The lowest BCUT2D eigenvalue weighted by Gasteiger charge is -2.16. The van der Waals surface area contributed by atoms with Crippen LogP contribution < -0.4 is 10.2 Å².